The van der Waals surface area contributed by atoms with E-state index in [0.29, 0.717) is 42.2 Å². The van der Waals surface area contributed by atoms with Crippen LogP contribution >= 0.6 is 11.6 Å². The third kappa shape index (κ3) is 5.26. The van der Waals surface area contributed by atoms with E-state index in [0.717, 1.165) is 37.1 Å². The third-order valence-corrected chi connectivity index (χ3v) is 9.28. The summed E-state index contributed by atoms with van der Waals surface area (Å²) in [4.78, 5) is 16.8. The zero-order valence-electron chi connectivity index (χ0n) is 22.2. The molecule has 1 saturated carbocycles. The molecule has 1 aromatic heterocycles. The average molecular weight is 533 g/mol. The number of aromatic nitrogens is 1. The van der Waals surface area contributed by atoms with Gasteiger partial charge in [0.1, 0.15) is 11.3 Å². The third-order valence-electron chi connectivity index (χ3n) is 9.04. The molecule has 0 aliphatic heterocycles. The minimum Gasteiger partial charge on any atom is -0.492 e. The lowest BCUT2D eigenvalue weighted by atomic mass is 9.59. The van der Waals surface area contributed by atoms with Crippen molar-refractivity contribution in [3.63, 3.8) is 0 Å². The molecule has 1 fully saturated rings. The minimum absolute atomic E-state index is 0.0208. The number of halogens is 1. The van der Waals surface area contributed by atoms with Gasteiger partial charge in [0, 0.05) is 16.9 Å². The first kappa shape index (κ1) is 26.6. The Morgan fingerprint density at radius 1 is 1.11 bits per heavy atom. The van der Waals surface area contributed by atoms with Gasteiger partial charge in [-0.05, 0) is 103 Å². The Bertz CT molecular complexity index is 1250. The molecule has 5 nitrogen and oxygen atoms in total. The highest BCUT2D eigenvalue weighted by atomic mass is 35.5. The maximum Gasteiger partial charge on any atom is 0.329 e. The predicted octanol–water partition coefficient (Wildman–Crippen LogP) is 7.40. The lowest BCUT2D eigenvalue weighted by molar-refractivity contribution is -0.144. The molecular weight excluding hydrogens is 496 g/mol. The van der Waals surface area contributed by atoms with Crippen molar-refractivity contribution in [2.75, 3.05) is 11.9 Å². The number of benzene rings is 2. The zero-order valence-corrected chi connectivity index (χ0v) is 23.0. The molecule has 1 heterocycles. The number of nitrogens with zero attached hydrogens (tertiary/aromatic N) is 1. The van der Waals surface area contributed by atoms with Gasteiger partial charge in [-0.15, -0.1) is 0 Å². The van der Waals surface area contributed by atoms with Crippen LogP contribution < -0.4 is 10.1 Å². The quantitative estimate of drug-likeness (QED) is 0.300. The Morgan fingerprint density at radius 3 is 2.58 bits per heavy atom. The summed E-state index contributed by atoms with van der Waals surface area (Å²) < 4.78 is 6.17. The van der Waals surface area contributed by atoms with Gasteiger partial charge in [0.15, 0.2) is 0 Å². The van der Waals surface area contributed by atoms with Crippen LogP contribution in [0.5, 0.6) is 5.75 Å². The fourth-order valence-electron chi connectivity index (χ4n) is 6.74. The number of ether oxygens (including phenoxy) is 1. The Hall–Kier alpha value is -3.05. The Morgan fingerprint density at radius 2 is 1.89 bits per heavy atom. The van der Waals surface area contributed by atoms with Gasteiger partial charge in [-0.3, -0.25) is 4.98 Å². The lowest BCUT2D eigenvalue weighted by Gasteiger charge is -2.47. The highest BCUT2D eigenvalue weighted by molar-refractivity contribution is 6.30. The van der Waals surface area contributed by atoms with E-state index in [1.54, 1.807) is 24.5 Å². The molecule has 38 heavy (non-hydrogen) atoms. The van der Waals surface area contributed by atoms with E-state index in [1.807, 2.05) is 24.3 Å². The largest absolute Gasteiger partial charge is 0.492 e. The number of hydrogen-bond donors (Lipinski definition) is 2. The first-order valence-corrected chi connectivity index (χ1v) is 14.1. The van der Waals surface area contributed by atoms with Gasteiger partial charge in [-0.25, -0.2) is 4.79 Å². The van der Waals surface area contributed by atoms with Crippen LogP contribution in [0.25, 0.3) is 0 Å². The first-order chi connectivity index (χ1) is 18.3. The van der Waals surface area contributed by atoms with Crippen molar-refractivity contribution >= 4 is 23.3 Å². The molecule has 2 aliphatic rings. The molecule has 5 rings (SSSR count). The van der Waals surface area contributed by atoms with Gasteiger partial charge in [-0.1, -0.05) is 55.8 Å². The number of rotatable bonds is 9. The predicted molar refractivity (Wildman–Crippen MR) is 152 cm³/mol. The molecule has 0 amide bonds. The van der Waals surface area contributed by atoms with Crippen LogP contribution in [0.2, 0.25) is 5.02 Å². The van der Waals surface area contributed by atoms with Gasteiger partial charge in [0.05, 0.1) is 12.8 Å². The fourth-order valence-corrected chi connectivity index (χ4v) is 6.93. The second-order valence-electron chi connectivity index (χ2n) is 11.5. The molecule has 0 saturated heterocycles. The summed E-state index contributed by atoms with van der Waals surface area (Å²) in [6, 6.07) is 20.0. The normalized spacial score (nSPS) is 25.2. The van der Waals surface area contributed by atoms with E-state index in [2.05, 4.69) is 48.4 Å². The van der Waals surface area contributed by atoms with Crippen molar-refractivity contribution in [1.82, 2.24) is 4.98 Å². The number of hydrogen-bond acceptors (Lipinski definition) is 4. The number of nitrogens with one attached hydrogen (secondary N) is 1. The van der Waals surface area contributed by atoms with Crippen molar-refractivity contribution in [1.29, 1.82) is 0 Å². The van der Waals surface area contributed by atoms with Crippen LogP contribution in [0.15, 0.2) is 73.1 Å². The van der Waals surface area contributed by atoms with E-state index >= 15 is 0 Å². The molecule has 0 radical (unpaired) electrons. The summed E-state index contributed by atoms with van der Waals surface area (Å²) in [7, 11) is 0. The second kappa shape index (κ2) is 11.0. The summed E-state index contributed by atoms with van der Waals surface area (Å²) in [5, 5.41) is 14.4. The molecule has 2 aliphatic carbocycles. The van der Waals surface area contributed by atoms with E-state index in [1.165, 1.54) is 11.1 Å². The lowest BCUT2D eigenvalue weighted by Crippen LogP contribution is -2.53. The number of carbonyl (C=O) groups is 1. The number of fused-ring (bicyclic) bond motifs is 2. The van der Waals surface area contributed by atoms with Crippen molar-refractivity contribution in [3.05, 3.63) is 89.2 Å². The zero-order chi connectivity index (χ0) is 26.8. The summed E-state index contributed by atoms with van der Waals surface area (Å²) in [6.45, 7) is 5.20. The van der Waals surface area contributed by atoms with Crippen LogP contribution in [0, 0.1) is 17.8 Å². The highest BCUT2D eigenvalue weighted by Gasteiger charge is 2.54. The second-order valence-corrected chi connectivity index (χ2v) is 11.9. The molecule has 2 atom stereocenters. The number of pyridine rings is 1. The molecule has 2 unspecified atom stereocenters. The number of carboxylic acids is 1. The van der Waals surface area contributed by atoms with Crippen LogP contribution in [-0.2, 0) is 16.6 Å². The maximum atomic E-state index is 12.7. The van der Waals surface area contributed by atoms with Crippen molar-refractivity contribution in [3.8, 4) is 5.75 Å². The SMILES string of the molecule is CC(C)C(COc1cccnc1)CC1Cc2ccccc2C12CCC(Nc1cccc(Cl)c1)(C(=O)O)CC2. The minimum atomic E-state index is -1.00. The van der Waals surface area contributed by atoms with Crippen LogP contribution in [0.3, 0.4) is 0 Å². The first-order valence-electron chi connectivity index (χ1n) is 13.7. The van der Waals surface area contributed by atoms with Gasteiger partial charge in [0.2, 0.25) is 0 Å². The number of anilines is 1. The van der Waals surface area contributed by atoms with Crippen molar-refractivity contribution < 1.29 is 14.6 Å². The standard InChI is InChI=1S/C32H37ClN2O3/c1-22(2)24(21-38-28-10-6-16-34-20-28)18-25-17-23-7-3-4-11-29(23)31(25)12-14-32(15-13-31,30(36)37)35-27-9-5-8-26(33)19-27/h3-11,16,19-20,22,24-25,35H,12-15,17-18,21H2,1-2H3,(H,36,37). The molecule has 2 aromatic carbocycles. The molecule has 3 aromatic rings. The number of carboxylic acid groups (broad SMARTS) is 1. The van der Waals surface area contributed by atoms with E-state index < -0.39 is 11.5 Å². The van der Waals surface area contributed by atoms with Gasteiger partial charge >= 0.3 is 5.97 Å². The van der Waals surface area contributed by atoms with Gasteiger partial charge in [0.25, 0.3) is 0 Å². The smallest absolute Gasteiger partial charge is 0.329 e. The van der Waals surface area contributed by atoms with Crippen LogP contribution in [0.1, 0.15) is 57.1 Å². The molecule has 2 N–H and O–H groups in total. The monoisotopic (exact) mass is 532 g/mol. The van der Waals surface area contributed by atoms with E-state index in [-0.39, 0.29) is 5.41 Å². The van der Waals surface area contributed by atoms with Crippen LogP contribution in [-0.4, -0.2) is 28.2 Å². The Labute approximate surface area is 230 Å². The maximum absolute atomic E-state index is 12.7. The number of aliphatic carboxylic acids is 1. The Balaban J connectivity index is 1.38. The molecule has 0 bridgehead atoms. The molecule has 6 heteroatoms. The summed E-state index contributed by atoms with van der Waals surface area (Å²) in [5.41, 5.74) is 2.57. The summed E-state index contributed by atoms with van der Waals surface area (Å²) in [5.74, 6) is 1.32. The highest BCUT2D eigenvalue weighted by Crippen LogP contribution is 2.56. The van der Waals surface area contributed by atoms with Crippen molar-refractivity contribution in [2.24, 2.45) is 17.8 Å². The van der Waals surface area contributed by atoms with Gasteiger partial charge < -0.3 is 15.2 Å². The molecule has 1 spiro atoms. The van der Waals surface area contributed by atoms with Crippen molar-refractivity contribution in [2.45, 2.75) is 63.3 Å². The summed E-state index contributed by atoms with van der Waals surface area (Å²) in [6.07, 6.45) is 8.42. The fraction of sp³-hybridized carbons (Fsp3) is 0.438. The topological polar surface area (TPSA) is 71.5 Å². The van der Waals surface area contributed by atoms with Gasteiger partial charge in [-0.2, -0.15) is 0 Å². The van der Waals surface area contributed by atoms with Crippen LogP contribution in [0.4, 0.5) is 5.69 Å². The molecule has 200 valence electrons. The Kier molecular flexibility index (Phi) is 7.67. The molecular formula is C32H37ClN2O3. The van der Waals surface area contributed by atoms with E-state index in [4.69, 9.17) is 16.3 Å². The average Bonchev–Trinajstić information content (AvgIpc) is 3.21. The van der Waals surface area contributed by atoms with E-state index in [9.17, 15) is 9.90 Å². The summed E-state index contributed by atoms with van der Waals surface area (Å²) >= 11 is 6.20.